The van der Waals surface area contributed by atoms with Gasteiger partial charge in [0, 0.05) is 12.7 Å². The number of carbonyl (C=O) groups excluding carboxylic acids is 1. The second-order valence-corrected chi connectivity index (χ2v) is 5.37. The molecule has 2 rings (SSSR count). The van der Waals surface area contributed by atoms with Crippen LogP contribution in [0.3, 0.4) is 0 Å². The second-order valence-electron chi connectivity index (χ2n) is 5.37. The number of carboxylic acids is 1. The Hall–Kier alpha value is -2.11. The van der Waals surface area contributed by atoms with Gasteiger partial charge in [-0.2, -0.15) is 0 Å². The highest BCUT2D eigenvalue weighted by Gasteiger charge is 2.34. The number of nitrogens with zero attached hydrogens (tertiary/aromatic N) is 2. The SMILES string of the molecule is Cc1ccnc(N2CCC(C)CC2C(=O)O)c1C(N)=O. The molecule has 0 aliphatic carbocycles. The number of carboxylic acid groups (broad SMARTS) is 1. The number of anilines is 1. The molecule has 1 aliphatic heterocycles. The summed E-state index contributed by atoms with van der Waals surface area (Å²) >= 11 is 0. The van der Waals surface area contributed by atoms with Gasteiger partial charge in [-0.15, -0.1) is 0 Å². The number of hydrogen-bond acceptors (Lipinski definition) is 4. The van der Waals surface area contributed by atoms with Gasteiger partial charge in [0.2, 0.25) is 0 Å². The van der Waals surface area contributed by atoms with Crippen molar-refractivity contribution in [2.24, 2.45) is 11.7 Å². The lowest BCUT2D eigenvalue weighted by atomic mass is 9.92. The molecule has 6 nitrogen and oxygen atoms in total. The lowest BCUT2D eigenvalue weighted by molar-refractivity contribution is -0.139. The Morgan fingerprint density at radius 2 is 2.20 bits per heavy atom. The molecule has 1 aromatic heterocycles. The molecule has 2 unspecified atom stereocenters. The maximum Gasteiger partial charge on any atom is 0.326 e. The monoisotopic (exact) mass is 277 g/mol. The van der Waals surface area contributed by atoms with Crippen LogP contribution < -0.4 is 10.6 Å². The van der Waals surface area contributed by atoms with Crippen LogP contribution in [-0.2, 0) is 4.79 Å². The van der Waals surface area contributed by atoms with E-state index in [2.05, 4.69) is 4.98 Å². The summed E-state index contributed by atoms with van der Waals surface area (Å²) in [6.07, 6.45) is 2.99. The smallest absolute Gasteiger partial charge is 0.326 e. The lowest BCUT2D eigenvalue weighted by Crippen LogP contribution is -2.48. The summed E-state index contributed by atoms with van der Waals surface area (Å²) in [6, 6.07) is 1.04. The first kappa shape index (κ1) is 14.3. The maximum atomic E-state index is 11.6. The van der Waals surface area contributed by atoms with Crippen molar-refractivity contribution >= 4 is 17.7 Å². The number of pyridine rings is 1. The number of primary amides is 1. The van der Waals surface area contributed by atoms with Gasteiger partial charge in [-0.25, -0.2) is 9.78 Å². The molecule has 108 valence electrons. The Balaban J connectivity index is 2.46. The van der Waals surface area contributed by atoms with Crippen LogP contribution in [0.2, 0.25) is 0 Å². The molecule has 6 heteroatoms. The third-order valence-electron chi connectivity index (χ3n) is 3.81. The topological polar surface area (TPSA) is 96.5 Å². The highest BCUT2D eigenvalue weighted by atomic mass is 16.4. The van der Waals surface area contributed by atoms with Crippen LogP contribution in [0.15, 0.2) is 12.3 Å². The summed E-state index contributed by atoms with van der Waals surface area (Å²) in [6.45, 7) is 4.37. The van der Waals surface area contributed by atoms with Crippen molar-refractivity contribution < 1.29 is 14.7 Å². The van der Waals surface area contributed by atoms with E-state index < -0.39 is 17.9 Å². The molecule has 1 fully saturated rings. The number of aryl methyl sites for hydroxylation is 1. The third-order valence-corrected chi connectivity index (χ3v) is 3.81. The van der Waals surface area contributed by atoms with E-state index in [0.717, 1.165) is 6.42 Å². The number of aromatic nitrogens is 1. The van der Waals surface area contributed by atoms with Crippen LogP contribution in [0, 0.1) is 12.8 Å². The highest BCUT2D eigenvalue weighted by molar-refractivity contribution is 5.99. The molecular formula is C14H19N3O3. The molecule has 0 spiro atoms. The van der Waals surface area contributed by atoms with Crippen LogP contribution in [0.5, 0.6) is 0 Å². The summed E-state index contributed by atoms with van der Waals surface area (Å²) in [5.74, 6) is -0.741. The number of amides is 1. The summed E-state index contributed by atoms with van der Waals surface area (Å²) in [4.78, 5) is 29.0. The molecule has 20 heavy (non-hydrogen) atoms. The van der Waals surface area contributed by atoms with Crippen LogP contribution in [-0.4, -0.2) is 34.6 Å². The first-order valence-corrected chi connectivity index (χ1v) is 6.66. The Kier molecular flexibility index (Phi) is 3.92. The van der Waals surface area contributed by atoms with E-state index in [1.165, 1.54) is 0 Å². The van der Waals surface area contributed by atoms with E-state index in [1.54, 1.807) is 24.1 Å². The fourth-order valence-electron chi connectivity index (χ4n) is 2.70. The molecular weight excluding hydrogens is 258 g/mol. The standard InChI is InChI=1S/C14H19N3O3/c1-8-4-6-17(10(7-8)14(19)20)13-11(12(15)18)9(2)3-5-16-13/h3,5,8,10H,4,6-7H2,1-2H3,(H2,15,18)(H,19,20). The summed E-state index contributed by atoms with van der Waals surface area (Å²) < 4.78 is 0. The normalized spacial score (nSPS) is 22.6. The van der Waals surface area contributed by atoms with Gasteiger partial charge in [0.1, 0.15) is 11.9 Å². The number of nitrogens with two attached hydrogens (primary N) is 1. The van der Waals surface area contributed by atoms with E-state index in [-0.39, 0.29) is 0 Å². The summed E-state index contributed by atoms with van der Waals surface area (Å²) in [5, 5.41) is 9.40. The average Bonchev–Trinajstić information content (AvgIpc) is 2.37. The largest absolute Gasteiger partial charge is 0.480 e. The predicted molar refractivity (Wildman–Crippen MR) is 74.7 cm³/mol. The highest BCUT2D eigenvalue weighted by Crippen LogP contribution is 2.30. The van der Waals surface area contributed by atoms with Crippen molar-refractivity contribution in [1.29, 1.82) is 0 Å². The zero-order valence-corrected chi connectivity index (χ0v) is 11.7. The third kappa shape index (κ3) is 2.59. The molecule has 2 atom stereocenters. The van der Waals surface area contributed by atoms with E-state index >= 15 is 0 Å². The maximum absolute atomic E-state index is 11.6. The fraction of sp³-hybridized carbons (Fsp3) is 0.500. The molecule has 1 aromatic rings. The average molecular weight is 277 g/mol. The molecule has 2 heterocycles. The minimum absolute atomic E-state index is 0.313. The van der Waals surface area contributed by atoms with E-state index in [9.17, 15) is 14.7 Å². The number of hydrogen-bond donors (Lipinski definition) is 2. The minimum Gasteiger partial charge on any atom is -0.480 e. The van der Waals surface area contributed by atoms with Crippen molar-refractivity contribution in [3.05, 3.63) is 23.4 Å². The zero-order chi connectivity index (χ0) is 14.9. The van der Waals surface area contributed by atoms with Gasteiger partial charge in [-0.05, 0) is 37.3 Å². The predicted octanol–water partition coefficient (Wildman–Crippen LogP) is 1.18. The van der Waals surface area contributed by atoms with E-state index in [1.807, 2.05) is 6.92 Å². The molecule has 1 aliphatic rings. The van der Waals surface area contributed by atoms with Crippen molar-refractivity contribution in [3.8, 4) is 0 Å². The van der Waals surface area contributed by atoms with Gasteiger partial charge in [-0.3, -0.25) is 4.79 Å². The first-order chi connectivity index (χ1) is 9.41. The number of piperidine rings is 1. The lowest BCUT2D eigenvalue weighted by Gasteiger charge is -2.37. The molecule has 1 saturated heterocycles. The fourth-order valence-corrected chi connectivity index (χ4v) is 2.70. The van der Waals surface area contributed by atoms with Crippen molar-refractivity contribution in [2.75, 3.05) is 11.4 Å². The number of carbonyl (C=O) groups is 2. The Morgan fingerprint density at radius 3 is 2.80 bits per heavy atom. The summed E-state index contributed by atoms with van der Waals surface area (Å²) in [5.41, 5.74) is 6.44. The first-order valence-electron chi connectivity index (χ1n) is 6.66. The molecule has 0 bridgehead atoms. The number of aliphatic carboxylic acids is 1. The Bertz CT molecular complexity index is 544. The Morgan fingerprint density at radius 1 is 1.50 bits per heavy atom. The quantitative estimate of drug-likeness (QED) is 0.864. The van der Waals surface area contributed by atoms with Crippen molar-refractivity contribution in [2.45, 2.75) is 32.7 Å². The number of rotatable bonds is 3. The van der Waals surface area contributed by atoms with Gasteiger partial charge in [-0.1, -0.05) is 6.92 Å². The molecule has 0 radical (unpaired) electrons. The van der Waals surface area contributed by atoms with Gasteiger partial charge in [0.15, 0.2) is 0 Å². The Labute approximate surface area is 117 Å². The molecule has 0 aromatic carbocycles. The van der Waals surface area contributed by atoms with E-state index in [4.69, 9.17) is 5.73 Å². The van der Waals surface area contributed by atoms with Gasteiger partial charge >= 0.3 is 5.97 Å². The van der Waals surface area contributed by atoms with Gasteiger partial charge < -0.3 is 15.7 Å². The molecule has 3 N–H and O–H groups in total. The second kappa shape index (κ2) is 5.48. The molecule has 0 saturated carbocycles. The van der Waals surface area contributed by atoms with Crippen molar-refractivity contribution in [1.82, 2.24) is 4.98 Å². The zero-order valence-electron chi connectivity index (χ0n) is 11.7. The van der Waals surface area contributed by atoms with Crippen molar-refractivity contribution in [3.63, 3.8) is 0 Å². The molecule has 1 amide bonds. The van der Waals surface area contributed by atoms with Crippen LogP contribution in [0.4, 0.5) is 5.82 Å². The van der Waals surface area contributed by atoms with E-state index in [0.29, 0.717) is 35.8 Å². The van der Waals surface area contributed by atoms with Crippen LogP contribution in [0.25, 0.3) is 0 Å². The van der Waals surface area contributed by atoms with Gasteiger partial charge in [0.25, 0.3) is 5.91 Å². The summed E-state index contributed by atoms with van der Waals surface area (Å²) in [7, 11) is 0. The van der Waals surface area contributed by atoms with Crippen LogP contribution in [0.1, 0.15) is 35.7 Å². The minimum atomic E-state index is -0.893. The van der Waals surface area contributed by atoms with Crippen LogP contribution >= 0.6 is 0 Å². The van der Waals surface area contributed by atoms with Gasteiger partial charge in [0.05, 0.1) is 5.56 Å².